The summed E-state index contributed by atoms with van der Waals surface area (Å²) in [7, 11) is 0. The second-order valence-corrected chi connectivity index (χ2v) is 14.0. The van der Waals surface area contributed by atoms with E-state index in [2.05, 4.69) is 31.9 Å². The molecule has 0 heterocycles. The number of amides is 6. The SMILES string of the molecule is CC.CC.CC.CC.CC.CCc1c(NC(=O)OCCOC(=O)Nc2c(C)c(C)c(C)c(C(=O)NCC(O)CO)c2C)c(C)c(C(=O)NCC(O)CO)c(C)c1C(=O)NCC(O)CO.O=CNCC(O)CO. The Morgan fingerprint density at radius 3 is 1.12 bits per heavy atom. The first kappa shape index (κ1) is 75.5. The zero-order chi connectivity index (χ0) is 57.3. The van der Waals surface area contributed by atoms with Crippen LogP contribution in [0.1, 0.15) is 146 Å². The Morgan fingerprint density at radius 2 is 0.778 bits per heavy atom. The number of hydrogen-bond donors (Lipinski definition) is 14. The molecule has 4 atom stereocenters. The van der Waals surface area contributed by atoms with E-state index in [1.54, 1.807) is 34.6 Å². The first-order valence-corrected chi connectivity index (χ1v) is 24.6. The number of benzene rings is 2. The first-order chi connectivity index (χ1) is 34.3. The topological polar surface area (TPSA) is 355 Å². The van der Waals surface area contributed by atoms with E-state index in [9.17, 15) is 49.2 Å². The zero-order valence-corrected chi connectivity index (χ0v) is 46.0. The van der Waals surface area contributed by atoms with Crippen molar-refractivity contribution in [2.24, 2.45) is 0 Å². The predicted octanol–water partition coefficient (Wildman–Crippen LogP) is 3.36. The molecule has 0 aliphatic heterocycles. The van der Waals surface area contributed by atoms with E-state index >= 15 is 0 Å². The van der Waals surface area contributed by atoms with Gasteiger partial charge in [-0.1, -0.05) is 76.2 Å². The summed E-state index contributed by atoms with van der Waals surface area (Å²) in [5, 5.41) is 88.2. The van der Waals surface area contributed by atoms with Crippen molar-refractivity contribution in [1.82, 2.24) is 21.3 Å². The quantitative estimate of drug-likeness (QED) is 0.0594. The average Bonchev–Trinajstić information content (AvgIpc) is 3.41. The fourth-order valence-electron chi connectivity index (χ4n) is 6.04. The summed E-state index contributed by atoms with van der Waals surface area (Å²) in [6, 6.07) is 0. The molecule has 0 saturated carbocycles. The zero-order valence-electron chi connectivity index (χ0n) is 46.0. The Hall–Kier alpha value is -5.46. The molecule has 2 aromatic rings. The molecule has 2 aromatic carbocycles. The summed E-state index contributed by atoms with van der Waals surface area (Å²) in [6.07, 6.45) is -5.71. The third-order valence-corrected chi connectivity index (χ3v) is 9.54. The summed E-state index contributed by atoms with van der Waals surface area (Å²) in [5.41, 5.74) is 4.05. The van der Waals surface area contributed by atoms with Crippen LogP contribution in [0.5, 0.6) is 0 Å². The molecule has 4 unspecified atom stereocenters. The molecule has 0 fully saturated rings. The molecule has 0 aromatic heterocycles. The van der Waals surface area contributed by atoms with Crippen molar-refractivity contribution in [2.45, 2.75) is 149 Å². The predicted molar refractivity (Wildman–Crippen MR) is 281 cm³/mol. The monoisotopic (exact) mass is 1030 g/mol. The van der Waals surface area contributed by atoms with Gasteiger partial charge >= 0.3 is 12.2 Å². The maximum Gasteiger partial charge on any atom is 0.411 e. The van der Waals surface area contributed by atoms with Crippen molar-refractivity contribution in [3.63, 3.8) is 0 Å². The number of carbonyl (C=O) groups is 6. The van der Waals surface area contributed by atoms with Crippen molar-refractivity contribution < 1.29 is 79.1 Å². The molecule has 0 aliphatic rings. The van der Waals surface area contributed by atoms with E-state index < -0.39 is 80.8 Å². The lowest BCUT2D eigenvalue weighted by Gasteiger charge is -2.23. The van der Waals surface area contributed by atoms with Crippen molar-refractivity contribution >= 4 is 47.7 Å². The van der Waals surface area contributed by atoms with Crippen molar-refractivity contribution in [3.05, 3.63) is 55.6 Å². The maximum atomic E-state index is 13.4. The summed E-state index contributed by atoms with van der Waals surface area (Å²) in [4.78, 5) is 74.9. The fourth-order valence-corrected chi connectivity index (χ4v) is 6.04. The van der Waals surface area contributed by atoms with Crippen LogP contribution in [0, 0.1) is 41.5 Å². The molecule has 0 spiro atoms. The van der Waals surface area contributed by atoms with Crippen LogP contribution < -0.4 is 31.9 Å². The van der Waals surface area contributed by atoms with Gasteiger partial charge in [0, 0.05) is 42.9 Å². The number of nitrogens with one attached hydrogen (secondary N) is 6. The molecule has 0 aliphatic carbocycles. The second-order valence-electron chi connectivity index (χ2n) is 14.0. The van der Waals surface area contributed by atoms with E-state index in [0.717, 1.165) is 5.56 Å². The Bertz CT molecular complexity index is 1870. The van der Waals surface area contributed by atoms with Gasteiger partial charge in [-0.05, 0) is 86.9 Å². The number of aliphatic hydroxyl groups is 8. The molecule has 0 bridgehead atoms. The lowest BCUT2D eigenvalue weighted by molar-refractivity contribution is -0.110. The number of carbonyl (C=O) groups excluding carboxylic acids is 6. The number of aliphatic hydroxyl groups excluding tert-OH is 8. The summed E-state index contributed by atoms with van der Waals surface area (Å²) >= 11 is 0. The Balaban J connectivity index is -0.000000723. The highest BCUT2D eigenvalue weighted by Crippen LogP contribution is 2.33. The van der Waals surface area contributed by atoms with Gasteiger partial charge in [-0.3, -0.25) is 29.8 Å². The maximum absolute atomic E-state index is 13.4. The Morgan fingerprint density at radius 1 is 0.458 bits per heavy atom. The summed E-state index contributed by atoms with van der Waals surface area (Å²) in [5.74, 6) is -1.91. The molecular formula is C50H92N6O16. The summed E-state index contributed by atoms with van der Waals surface area (Å²) in [6.45, 7) is 28.2. The van der Waals surface area contributed by atoms with Crippen LogP contribution in [0.2, 0.25) is 0 Å². The van der Waals surface area contributed by atoms with E-state index in [1.807, 2.05) is 69.2 Å². The average molecular weight is 1030 g/mol. The number of hydrogen-bond acceptors (Lipinski definition) is 16. The van der Waals surface area contributed by atoms with E-state index in [-0.39, 0.29) is 79.3 Å². The van der Waals surface area contributed by atoms with E-state index in [1.165, 1.54) is 13.8 Å². The van der Waals surface area contributed by atoms with Gasteiger partial charge in [0.25, 0.3) is 17.7 Å². The van der Waals surface area contributed by atoms with Gasteiger partial charge in [-0.25, -0.2) is 9.59 Å². The van der Waals surface area contributed by atoms with Crippen LogP contribution >= 0.6 is 0 Å². The minimum absolute atomic E-state index is 0.000759. The third kappa shape index (κ3) is 26.8. The molecule has 0 saturated heterocycles. The molecule has 6 amide bonds. The van der Waals surface area contributed by atoms with Crippen molar-refractivity contribution in [2.75, 3.05) is 76.5 Å². The highest BCUT2D eigenvalue weighted by molar-refractivity contribution is 6.07. The van der Waals surface area contributed by atoms with Crippen molar-refractivity contribution in [3.8, 4) is 0 Å². The molecule has 72 heavy (non-hydrogen) atoms. The summed E-state index contributed by atoms with van der Waals surface area (Å²) < 4.78 is 10.5. The van der Waals surface area contributed by atoms with Gasteiger partial charge in [0.05, 0.1) is 62.2 Å². The van der Waals surface area contributed by atoms with E-state index in [4.69, 9.17) is 29.9 Å². The fraction of sp³-hybridized carbons (Fsp3) is 0.640. The minimum Gasteiger partial charge on any atom is -0.446 e. The second kappa shape index (κ2) is 45.4. The highest BCUT2D eigenvalue weighted by atomic mass is 16.6. The molecule has 0 radical (unpaired) electrons. The van der Waals surface area contributed by atoms with Crippen LogP contribution in [-0.2, 0) is 20.7 Å². The van der Waals surface area contributed by atoms with Crippen LogP contribution in [0.15, 0.2) is 0 Å². The number of anilines is 2. The van der Waals surface area contributed by atoms with Gasteiger partial charge < -0.3 is 71.6 Å². The molecule has 22 heteroatoms. The lowest BCUT2D eigenvalue weighted by atomic mass is 9.88. The normalized spacial score (nSPS) is 11.3. The minimum atomic E-state index is -1.25. The Kier molecular flexibility index (Phi) is 47.6. The van der Waals surface area contributed by atoms with E-state index in [0.29, 0.717) is 34.4 Å². The van der Waals surface area contributed by atoms with Crippen molar-refractivity contribution in [1.29, 1.82) is 0 Å². The number of rotatable bonds is 22. The van der Waals surface area contributed by atoms with Gasteiger partial charge in [-0.2, -0.15) is 0 Å². The standard InChI is InChI=1S/C36H53N5O13.C4H9NO3.5C2H6/c1-8-26-29(34(50)39-13-25(47)16-44)20(5)28(33(49)38-12-24(46)15-43)22(7)31(26)41-36(52)54-10-9-53-35(51)40-30-19(4)17(2)18(3)27(21(30)6)32(48)37-11-23(45)14-42;6-2-4(8)1-5-3-7;5*1-2/h23-25,42-47H,8-16H2,1-7H3,(H,37,48)(H,38,49)(H,39,50)(H,40,51)(H,41,52);3-4,6,8H,1-2H2,(H,5,7);5*1-2H3. The molecular weight excluding hydrogens is 941 g/mol. The van der Waals surface area contributed by atoms with Crippen LogP contribution in [-0.4, -0.2) is 167 Å². The third-order valence-electron chi connectivity index (χ3n) is 9.54. The van der Waals surface area contributed by atoms with Gasteiger partial charge in [0.2, 0.25) is 6.41 Å². The Labute approximate surface area is 427 Å². The number of ether oxygens (including phenoxy) is 2. The first-order valence-electron chi connectivity index (χ1n) is 24.6. The smallest absolute Gasteiger partial charge is 0.411 e. The lowest BCUT2D eigenvalue weighted by Crippen LogP contribution is -2.37. The van der Waals surface area contributed by atoms with Crippen LogP contribution in [0.4, 0.5) is 21.0 Å². The molecule has 418 valence electrons. The van der Waals surface area contributed by atoms with Gasteiger partial charge in [0.15, 0.2) is 0 Å². The van der Waals surface area contributed by atoms with Gasteiger partial charge in [-0.15, -0.1) is 0 Å². The highest BCUT2D eigenvalue weighted by Gasteiger charge is 2.28. The molecule has 2 rings (SSSR count). The molecule has 14 N–H and O–H groups in total. The largest absolute Gasteiger partial charge is 0.446 e. The molecule has 22 nitrogen and oxygen atoms in total. The van der Waals surface area contributed by atoms with Crippen LogP contribution in [0.3, 0.4) is 0 Å². The van der Waals surface area contributed by atoms with Crippen LogP contribution in [0.25, 0.3) is 0 Å². The van der Waals surface area contributed by atoms with Gasteiger partial charge in [0.1, 0.15) is 13.2 Å².